The molecule has 0 aromatic heterocycles. The Morgan fingerprint density at radius 2 is 1.75 bits per heavy atom. The van der Waals surface area contributed by atoms with Crippen LogP contribution in [-0.4, -0.2) is 11.7 Å². The van der Waals surface area contributed by atoms with Crippen molar-refractivity contribution in [3.8, 4) is 5.75 Å². The second kappa shape index (κ2) is 6.96. The van der Waals surface area contributed by atoms with Crippen LogP contribution in [0.4, 0.5) is 10.1 Å². The molecule has 1 N–H and O–H groups in total. The Morgan fingerprint density at radius 3 is 2.35 bits per heavy atom. The zero-order valence-electron chi connectivity index (χ0n) is 10.7. The lowest BCUT2D eigenvalue weighted by Gasteiger charge is -2.08. The number of amides is 1. The third-order valence-corrected chi connectivity index (χ3v) is 2.89. The largest absolute Gasteiger partial charge is 0.489 e. The Balaban J connectivity index is 1.90. The van der Waals surface area contributed by atoms with E-state index >= 15 is 0 Å². The van der Waals surface area contributed by atoms with Gasteiger partial charge in [0.1, 0.15) is 18.2 Å². The summed E-state index contributed by atoms with van der Waals surface area (Å²) in [4.78, 5) is 11.2. The number of benzene rings is 2. The molecule has 2 aromatic rings. The van der Waals surface area contributed by atoms with Crippen LogP contribution < -0.4 is 10.1 Å². The summed E-state index contributed by atoms with van der Waals surface area (Å²) in [7, 11) is 0. The number of thiol groups is 1. The maximum atomic E-state index is 12.7. The van der Waals surface area contributed by atoms with Gasteiger partial charge in [-0.05, 0) is 42.0 Å². The van der Waals surface area contributed by atoms with Crippen molar-refractivity contribution in [2.45, 2.75) is 6.61 Å². The summed E-state index contributed by atoms with van der Waals surface area (Å²) in [6.45, 7) is 0.364. The summed E-state index contributed by atoms with van der Waals surface area (Å²) in [6, 6.07) is 13.2. The van der Waals surface area contributed by atoms with Gasteiger partial charge in [0.15, 0.2) is 0 Å². The van der Waals surface area contributed by atoms with Gasteiger partial charge in [-0.25, -0.2) is 4.39 Å². The molecule has 0 saturated heterocycles. The minimum absolute atomic E-state index is 0.142. The van der Waals surface area contributed by atoms with E-state index in [2.05, 4.69) is 17.9 Å². The highest BCUT2D eigenvalue weighted by molar-refractivity contribution is 7.81. The zero-order chi connectivity index (χ0) is 14.4. The van der Waals surface area contributed by atoms with Crippen molar-refractivity contribution in [2.24, 2.45) is 0 Å². The number of halogens is 1. The van der Waals surface area contributed by atoms with E-state index in [1.807, 2.05) is 0 Å². The van der Waals surface area contributed by atoms with Crippen LogP contribution in [0.1, 0.15) is 5.56 Å². The molecule has 104 valence electrons. The average molecular weight is 291 g/mol. The molecule has 0 aliphatic carbocycles. The highest BCUT2D eigenvalue weighted by atomic mass is 32.1. The number of hydrogen-bond acceptors (Lipinski definition) is 3. The summed E-state index contributed by atoms with van der Waals surface area (Å²) < 4.78 is 18.3. The fourth-order valence-corrected chi connectivity index (χ4v) is 1.66. The van der Waals surface area contributed by atoms with Crippen molar-refractivity contribution >= 4 is 24.2 Å². The van der Waals surface area contributed by atoms with Gasteiger partial charge < -0.3 is 10.1 Å². The van der Waals surface area contributed by atoms with E-state index in [0.29, 0.717) is 18.0 Å². The van der Waals surface area contributed by atoms with Crippen LogP contribution in [0.5, 0.6) is 5.75 Å². The van der Waals surface area contributed by atoms with Gasteiger partial charge in [0.05, 0.1) is 5.75 Å². The van der Waals surface area contributed by atoms with Gasteiger partial charge >= 0.3 is 0 Å². The van der Waals surface area contributed by atoms with Crippen molar-refractivity contribution in [2.75, 3.05) is 11.1 Å². The second-order valence-electron chi connectivity index (χ2n) is 4.15. The molecule has 0 fully saturated rings. The van der Waals surface area contributed by atoms with Crippen molar-refractivity contribution in [3.63, 3.8) is 0 Å². The van der Waals surface area contributed by atoms with Crippen LogP contribution in [0.3, 0.4) is 0 Å². The minimum Gasteiger partial charge on any atom is -0.489 e. The molecule has 1 amide bonds. The predicted molar refractivity (Wildman–Crippen MR) is 79.7 cm³/mol. The van der Waals surface area contributed by atoms with Crippen LogP contribution in [0.2, 0.25) is 0 Å². The number of ether oxygens (including phenoxy) is 1. The molecule has 0 aliphatic rings. The quantitative estimate of drug-likeness (QED) is 0.830. The SMILES string of the molecule is O=C(CS)Nc1ccc(OCc2ccc(F)cc2)cc1. The summed E-state index contributed by atoms with van der Waals surface area (Å²) in [5.74, 6) is 0.396. The Kier molecular flexibility index (Phi) is 5.01. The highest BCUT2D eigenvalue weighted by Gasteiger charge is 2.00. The lowest BCUT2D eigenvalue weighted by molar-refractivity contribution is -0.113. The normalized spacial score (nSPS) is 10.1. The van der Waals surface area contributed by atoms with Gasteiger partial charge in [0.2, 0.25) is 5.91 Å². The molecule has 0 bridgehead atoms. The van der Waals surface area contributed by atoms with Gasteiger partial charge in [0, 0.05) is 5.69 Å². The summed E-state index contributed by atoms with van der Waals surface area (Å²) >= 11 is 3.88. The molecule has 2 aromatic carbocycles. The summed E-state index contributed by atoms with van der Waals surface area (Å²) in [5.41, 5.74) is 1.58. The molecule has 0 aliphatic heterocycles. The molecule has 3 nitrogen and oxygen atoms in total. The smallest absolute Gasteiger partial charge is 0.234 e. The third-order valence-electron chi connectivity index (χ3n) is 2.60. The Bertz CT molecular complexity index is 569. The molecule has 0 saturated carbocycles. The molecule has 2 rings (SSSR count). The fourth-order valence-electron chi connectivity index (χ4n) is 1.58. The zero-order valence-corrected chi connectivity index (χ0v) is 11.6. The maximum Gasteiger partial charge on any atom is 0.234 e. The molecule has 0 heterocycles. The topological polar surface area (TPSA) is 38.3 Å². The van der Waals surface area contributed by atoms with Crippen LogP contribution in [-0.2, 0) is 11.4 Å². The Labute approximate surface area is 122 Å². The number of nitrogens with one attached hydrogen (secondary N) is 1. The molecule has 5 heteroatoms. The molecule has 0 atom stereocenters. The molecule has 0 unspecified atom stereocenters. The van der Waals surface area contributed by atoms with Crippen LogP contribution in [0, 0.1) is 5.82 Å². The number of carbonyl (C=O) groups excluding carboxylic acids is 1. The van der Waals surface area contributed by atoms with E-state index in [1.54, 1.807) is 36.4 Å². The first kappa shape index (κ1) is 14.4. The Morgan fingerprint density at radius 1 is 1.10 bits per heavy atom. The summed E-state index contributed by atoms with van der Waals surface area (Å²) in [6.07, 6.45) is 0. The standard InChI is InChI=1S/C15H14FNO2S/c16-12-3-1-11(2-4-12)9-19-14-7-5-13(6-8-14)17-15(18)10-20/h1-8,20H,9-10H2,(H,17,18). The lowest BCUT2D eigenvalue weighted by atomic mass is 10.2. The van der Waals surface area contributed by atoms with Crippen LogP contribution >= 0.6 is 12.6 Å². The van der Waals surface area contributed by atoms with Crippen molar-refractivity contribution in [1.82, 2.24) is 0 Å². The van der Waals surface area contributed by atoms with Crippen molar-refractivity contribution < 1.29 is 13.9 Å². The van der Waals surface area contributed by atoms with Crippen molar-refractivity contribution in [3.05, 3.63) is 59.9 Å². The first-order valence-electron chi connectivity index (χ1n) is 6.05. The van der Waals surface area contributed by atoms with E-state index in [0.717, 1.165) is 5.56 Å². The van der Waals surface area contributed by atoms with Gasteiger partial charge in [-0.15, -0.1) is 0 Å². The average Bonchev–Trinajstić information content (AvgIpc) is 2.48. The van der Waals surface area contributed by atoms with Crippen LogP contribution in [0.25, 0.3) is 0 Å². The van der Waals surface area contributed by atoms with E-state index in [-0.39, 0.29) is 17.5 Å². The molecular formula is C15H14FNO2S. The molecule has 0 radical (unpaired) electrons. The Hall–Kier alpha value is -2.01. The third kappa shape index (κ3) is 4.28. The number of rotatable bonds is 5. The van der Waals surface area contributed by atoms with Gasteiger partial charge in [-0.1, -0.05) is 12.1 Å². The lowest BCUT2D eigenvalue weighted by Crippen LogP contribution is -2.12. The van der Waals surface area contributed by atoms with Gasteiger partial charge in [-0.2, -0.15) is 12.6 Å². The molecule has 0 spiro atoms. The maximum absolute atomic E-state index is 12.7. The first-order valence-corrected chi connectivity index (χ1v) is 6.68. The van der Waals surface area contributed by atoms with Gasteiger partial charge in [-0.3, -0.25) is 4.79 Å². The molecular weight excluding hydrogens is 277 g/mol. The van der Waals surface area contributed by atoms with E-state index in [9.17, 15) is 9.18 Å². The molecule has 20 heavy (non-hydrogen) atoms. The van der Waals surface area contributed by atoms with Crippen LogP contribution in [0.15, 0.2) is 48.5 Å². The van der Waals surface area contributed by atoms with Gasteiger partial charge in [0.25, 0.3) is 0 Å². The summed E-state index contributed by atoms with van der Waals surface area (Å²) in [5, 5.41) is 2.69. The minimum atomic E-state index is -0.266. The fraction of sp³-hybridized carbons (Fsp3) is 0.133. The first-order chi connectivity index (χ1) is 9.67. The van der Waals surface area contributed by atoms with Crippen molar-refractivity contribution in [1.29, 1.82) is 0 Å². The number of anilines is 1. The predicted octanol–water partition coefficient (Wildman–Crippen LogP) is 3.27. The highest BCUT2D eigenvalue weighted by Crippen LogP contribution is 2.17. The van der Waals surface area contributed by atoms with E-state index < -0.39 is 0 Å². The van der Waals surface area contributed by atoms with E-state index in [1.165, 1.54) is 12.1 Å². The van der Waals surface area contributed by atoms with E-state index in [4.69, 9.17) is 4.74 Å². The second-order valence-corrected chi connectivity index (χ2v) is 4.46. The monoisotopic (exact) mass is 291 g/mol. The number of carbonyl (C=O) groups is 1. The number of hydrogen-bond donors (Lipinski definition) is 2.